The summed E-state index contributed by atoms with van der Waals surface area (Å²) in [7, 11) is -0.383. The van der Waals surface area contributed by atoms with Crippen molar-refractivity contribution >= 4 is 18.7 Å². The van der Waals surface area contributed by atoms with E-state index in [2.05, 4.69) is 17.4 Å². The van der Waals surface area contributed by atoms with Crippen LogP contribution in [0, 0.1) is 0 Å². The zero-order chi connectivity index (χ0) is 24.7. The van der Waals surface area contributed by atoms with Crippen molar-refractivity contribution in [1.29, 1.82) is 0 Å². The molecule has 1 amide bonds. The molecule has 0 unspecified atom stereocenters. The quantitative estimate of drug-likeness (QED) is 0.669. The van der Waals surface area contributed by atoms with Crippen molar-refractivity contribution in [3.63, 3.8) is 0 Å². The molecule has 2 saturated heterocycles. The molecule has 0 aliphatic carbocycles. The molecule has 2 aliphatic rings. The summed E-state index contributed by atoms with van der Waals surface area (Å²) in [6, 6.07) is 8.25. The molecular weight excluding hydrogens is 421 g/mol. The summed E-state index contributed by atoms with van der Waals surface area (Å²) in [5, 5.41) is 3.02. The van der Waals surface area contributed by atoms with Crippen molar-refractivity contribution in [1.82, 2.24) is 5.32 Å². The van der Waals surface area contributed by atoms with Crippen LogP contribution in [0.2, 0.25) is 0 Å². The molecule has 2 heterocycles. The lowest BCUT2D eigenvalue weighted by Gasteiger charge is -2.44. The predicted octanol–water partition coefficient (Wildman–Crippen LogP) is 3.96. The molecule has 0 atom stereocenters. The maximum absolute atomic E-state index is 12.5. The summed E-state index contributed by atoms with van der Waals surface area (Å²) in [6.07, 6.45) is 0.926. The van der Waals surface area contributed by atoms with Gasteiger partial charge >= 0.3 is 13.2 Å². The van der Waals surface area contributed by atoms with Gasteiger partial charge in [0.25, 0.3) is 0 Å². The summed E-state index contributed by atoms with van der Waals surface area (Å²) < 4.78 is 29.6. The highest BCUT2D eigenvalue weighted by molar-refractivity contribution is 6.62. The standard InChI is InChI=1S/C25H40BNO6/c1-21(2,3)31-20(28)27-25(16-29-24(8,9)30-17-25)15-14-18-10-12-19(13-11-18)26-32-22(4,5)23(6,7)33-26/h10-13H,14-17H2,1-9H3,(H,27,28). The predicted molar refractivity (Wildman–Crippen MR) is 129 cm³/mol. The van der Waals surface area contributed by atoms with Gasteiger partial charge in [0.1, 0.15) is 5.60 Å². The van der Waals surface area contributed by atoms with E-state index >= 15 is 0 Å². The number of rotatable bonds is 5. The molecule has 7 nitrogen and oxygen atoms in total. The minimum absolute atomic E-state index is 0.352. The first kappa shape index (κ1) is 26.0. The Hall–Kier alpha value is -1.61. The van der Waals surface area contributed by atoms with Crippen LogP contribution < -0.4 is 10.8 Å². The van der Waals surface area contributed by atoms with Crippen molar-refractivity contribution in [2.45, 2.75) is 103 Å². The Morgan fingerprint density at radius 1 is 0.970 bits per heavy atom. The van der Waals surface area contributed by atoms with E-state index in [0.29, 0.717) is 19.6 Å². The normalized spacial score (nSPS) is 23.2. The van der Waals surface area contributed by atoms with E-state index in [1.54, 1.807) is 0 Å². The fourth-order valence-corrected chi connectivity index (χ4v) is 3.71. The van der Waals surface area contributed by atoms with Gasteiger partial charge < -0.3 is 28.8 Å². The van der Waals surface area contributed by atoms with Crippen molar-refractivity contribution in [2.75, 3.05) is 13.2 Å². The van der Waals surface area contributed by atoms with Crippen LogP contribution in [0.15, 0.2) is 24.3 Å². The van der Waals surface area contributed by atoms with E-state index in [1.807, 2.05) is 74.4 Å². The van der Waals surface area contributed by atoms with Crippen LogP contribution in [0.25, 0.3) is 0 Å². The molecule has 184 valence electrons. The Kier molecular flexibility index (Phi) is 7.00. The average Bonchev–Trinajstić information content (AvgIpc) is 2.89. The second kappa shape index (κ2) is 8.88. The lowest BCUT2D eigenvalue weighted by molar-refractivity contribution is -0.271. The third kappa shape index (κ3) is 6.50. The molecule has 0 spiro atoms. The van der Waals surface area contributed by atoms with Gasteiger partial charge in [-0.05, 0) is 86.2 Å². The molecule has 2 aliphatic heterocycles. The van der Waals surface area contributed by atoms with E-state index in [1.165, 1.54) is 0 Å². The molecule has 0 bridgehead atoms. The Labute approximate surface area is 199 Å². The summed E-state index contributed by atoms with van der Waals surface area (Å²) >= 11 is 0. The number of alkyl carbamates (subject to hydrolysis) is 1. The monoisotopic (exact) mass is 461 g/mol. The van der Waals surface area contributed by atoms with Crippen molar-refractivity contribution in [2.24, 2.45) is 0 Å². The van der Waals surface area contributed by atoms with Gasteiger partial charge in [-0.2, -0.15) is 0 Å². The van der Waals surface area contributed by atoms with Gasteiger partial charge in [0.15, 0.2) is 5.79 Å². The summed E-state index contributed by atoms with van der Waals surface area (Å²) in [5.41, 5.74) is 0.151. The summed E-state index contributed by atoms with van der Waals surface area (Å²) in [5.74, 6) is -0.677. The van der Waals surface area contributed by atoms with Crippen LogP contribution in [0.1, 0.15) is 74.3 Å². The molecule has 0 radical (unpaired) electrons. The summed E-state index contributed by atoms with van der Waals surface area (Å²) in [6.45, 7) is 18.2. The molecule has 1 N–H and O–H groups in total. The molecule has 1 aromatic rings. The molecule has 2 fully saturated rings. The number of nitrogens with one attached hydrogen (secondary N) is 1. The highest BCUT2D eigenvalue weighted by atomic mass is 16.7. The van der Waals surface area contributed by atoms with Crippen LogP contribution >= 0.6 is 0 Å². The first-order chi connectivity index (χ1) is 15.0. The van der Waals surface area contributed by atoms with Crippen molar-refractivity contribution < 1.29 is 28.3 Å². The van der Waals surface area contributed by atoms with Gasteiger partial charge in [-0.25, -0.2) is 4.79 Å². The molecule has 0 saturated carbocycles. The first-order valence-electron chi connectivity index (χ1n) is 11.8. The van der Waals surface area contributed by atoms with Gasteiger partial charge in [-0.1, -0.05) is 24.3 Å². The van der Waals surface area contributed by atoms with Crippen LogP contribution in [0.5, 0.6) is 0 Å². The molecule has 33 heavy (non-hydrogen) atoms. The van der Waals surface area contributed by atoms with Crippen LogP contribution in [0.3, 0.4) is 0 Å². The van der Waals surface area contributed by atoms with E-state index in [0.717, 1.165) is 17.4 Å². The van der Waals surface area contributed by atoms with Gasteiger partial charge in [-0.3, -0.25) is 0 Å². The highest BCUT2D eigenvalue weighted by Gasteiger charge is 2.51. The van der Waals surface area contributed by atoms with Crippen molar-refractivity contribution in [3.8, 4) is 0 Å². The molecule has 3 rings (SSSR count). The Balaban J connectivity index is 1.66. The van der Waals surface area contributed by atoms with E-state index in [-0.39, 0.29) is 18.3 Å². The largest absolute Gasteiger partial charge is 0.494 e. The molecule has 0 aromatic heterocycles. The maximum Gasteiger partial charge on any atom is 0.494 e. The number of amides is 1. The Morgan fingerprint density at radius 3 is 1.97 bits per heavy atom. The summed E-state index contributed by atoms with van der Waals surface area (Å²) in [4.78, 5) is 12.5. The fraction of sp³-hybridized carbons (Fsp3) is 0.720. The van der Waals surface area contributed by atoms with Crippen LogP contribution in [-0.2, 0) is 29.9 Å². The number of ether oxygens (including phenoxy) is 3. The van der Waals surface area contributed by atoms with Crippen LogP contribution in [-0.4, -0.2) is 54.6 Å². The topological polar surface area (TPSA) is 75.3 Å². The SMILES string of the molecule is CC(C)(C)OC(=O)NC1(CCc2ccc(B3OC(C)(C)C(C)(C)O3)cc2)COC(C)(C)OC1. The smallest absolute Gasteiger partial charge is 0.444 e. The molecule has 1 aromatic carbocycles. The minimum Gasteiger partial charge on any atom is -0.444 e. The number of hydrogen-bond acceptors (Lipinski definition) is 6. The lowest BCUT2D eigenvalue weighted by atomic mass is 9.78. The third-order valence-electron chi connectivity index (χ3n) is 6.56. The van der Waals surface area contributed by atoms with Gasteiger partial charge in [-0.15, -0.1) is 0 Å². The first-order valence-corrected chi connectivity index (χ1v) is 11.8. The number of benzene rings is 1. The van der Waals surface area contributed by atoms with E-state index in [9.17, 15) is 4.79 Å². The fourth-order valence-electron chi connectivity index (χ4n) is 3.71. The third-order valence-corrected chi connectivity index (χ3v) is 6.56. The average molecular weight is 461 g/mol. The zero-order valence-electron chi connectivity index (χ0n) is 21.7. The molecule has 8 heteroatoms. The Bertz CT molecular complexity index is 817. The van der Waals surface area contributed by atoms with Crippen LogP contribution in [0.4, 0.5) is 4.79 Å². The second-order valence-electron chi connectivity index (χ2n) is 11.7. The maximum atomic E-state index is 12.5. The van der Waals surface area contributed by atoms with E-state index in [4.69, 9.17) is 23.5 Å². The second-order valence-corrected chi connectivity index (χ2v) is 11.7. The minimum atomic E-state index is -0.677. The number of carbonyl (C=O) groups is 1. The zero-order valence-corrected chi connectivity index (χ0v) is 21.7. The van der Waals surface area contributed by atoms with Gasteiger partial charge in [0.05, 0.1) is 30.0 Å². The highest BCUT2D eigenvalue weighted by Crippen LogP contribution is 2.36. The molecular formula is C25H40BNO6. The van der Waals surface area contributed by atoms with E-state index < -0.39 is 23.0 Å². The number of aryl methyl sites for hydroxylation is 1. The van der Waals surface area contributed by atoms with Gasteiger partial charge in [0.2, 0.25) is 0 Å². The number of carbonyl (C=O) groups excluding carboxylic acids is 1. The Morgan fingerprint density at radius 2 is 1.48 bits per heavy atom. The number of hydrogen-bond donors (Lipinski definition) is 1. The van der Waals surface area contributed by atoms with Gasteiger partial charge in [0, 0.05) is 0 Å². The van der Waals surface area contributed by atoms with Crippen molar-refractivity contribution in [3.05, 3.63) is 29.8 Å². The lowest BCUT2D eigenvalue weighted by Crippen LogP contribution is -2.61.